The van der Waals surface area contributed by atoms with Crippen molar-refractivity contribution in [3.8, 4) is 5.69 Å². The third-order valence-corrected chi connectivity index (χ3v) is 4.38. The number of benzene rings is 1. The zero-order valence-electron chi connectivity index (χ0n) is 13.9. The summed E-state index contributed by atoms with van der Waals surface area (Å²) < 4.78 is 1.68. The van der Waals surface area contributed by atoms with Crippen LogP contribution in [0.4, 0.5) is 0 Å². The molecule has 0 saturated heterocycles. The van der Waals surface area contributed by atoms with Gasteiger partial charge in [0.25, 0.3) is 0 Å². The zero-order valence-corrected chi connectivity index (χ0v) is 14.7. The summed E-state index contributed by atoms with van der Waals surface area (Å²) in [5.41, 5.74) is 3.23. The minimum absolute atomic E-state index is 0.0151. The van der Waals surface area contributed by atoms with E-state index in [9.17, 15) is 4.79 Å². The number of nitrogens with one attached hydrogen (secondary N) is 1. The van der Waals surface area contributed by atoms with Crippen LogP contribution in [0.3, 0.4) is 0 Å². The molecule has 0 radical (unpaired) electrons. The SMILES string of the molecule is CCCCCNC(=O)CSc1nnnn1-c1ccc(C)cc1C. The third kappa shape index (κ3) is 5.06. The van der Waals surface area contributed by atoms with Crippen LogP contribution in [-0.2, 0) is 4.79 Å². The van der Waals surface area contributed by atoms with Crippen LogP contribution in [0.5, 0.6) is 0 Å². The van der Waals surface area contributed by atoms with Crippen LogP contribution in [0.1, 0.15) is 37.3 Å². The monoisotopic (exact) mass is 333 g/mol. The molecule has 0 unspecified atom stereocenters. The van der Waals surface area contributed by atoms with E-state index >= 15 is 0 Å². The van der Waals surface area contributed by atoms with Gasteiger partial charge in [0.2, 0.25) is 11.1 Å². The maximum absolute atomic E-state index is 11.9. The van der Waals surface area contributed by atoms with Gasteiger partial charge in [-0.15, -0.1) is 5.10 Å². The Morgan fingerprint density at radius 1 is 1.30 bits per heavy atom. The number of amides is 1. The van der Waals surface area contributed by atoms with Gasteiger partial charge < -0.3 is 5.32 Å². The summed E-state index contributed by atoms with van der Waals surface area (Å²) in [7, 11) is 0. The Kier molecular flexibility index (Phi) is 6.58. The van der Waals surface area contributed by atoms with E-state index in [1.807, 2.05) is 19.1 Å². The Morgan fingerprint density at radius 3 is 2.87 bits per heavy atom. The fourth-order valence-corrected chi connectivity index (χ4v) is 2.96. The highest BCUT2D eigenvalue weighted by Crippen LogP contribution is 2.21. The molecule has 2 rings (SSSR count). The van der Waals surface area contributed by atoms with Gasteiger partial charge in [0, 0.05) is 6.54 Å². The average molecular weight is 333 g/mol. The van der Waals surface area contributed by atoms with Crippen LogP contribution >= 0.6 is 11.8 Å². The van der Waals surface area contributed by atoms with E-state index < -0.39 is 0 Å². The quantitative estimate of drug-likeness (QED) is 0.594. The molecule has 1 amide bonds. The number of thioether (sulfide) groups is 1. The fraction of sp³-hybridized carbons (Fsp3) is 0.500. The van der Waals surface area contributed by atoms with Crippen molar-refractivity contribution < 1.29 is 4.79 Å². The van der Waals surface area contributed by atoms with E-state index in [2.05, 4.69) is 40.8 Å². The van der Waals surface area contributed by atoms with Gasteiger partial charge in [-0.2, -0.15) is 4.68 Å². The number of hydrogen-bond donors (Lipinski definition) is 1. The standard InChI is InChI=1S/C16H23N5OS/c1-4-5-6-9-17-15(22)11-23-16-18-19-20-21(16)14-8-7-12(2)10-13(14)3/h7-8,10H,4-6,9,11H2,1-3H3,(H,17,22). The highest BCUT2D eigenvalue weighted by molar-refractivity contribution is 7.99. The Hall–Kier alpha value is -1.89. The van der Waals surface area contributed by atoms with E-state index in [1.54, 1.807) is 4.68 Å². The normalized spacial score (nSPS) is 10.7. The van der Waals surface area contributed by atoms with Gasteiger partial charge in [-0.25, -0.2) is 0 Å². The summed E-state index contributed by atoms with van der Waals surface area (Å²) in [5.74, 6) is 0.332. The highest BCUT2D eigenvalue weighted by Gasteiger charge is 2.13. The van der Waals surface area contributed by atoms with Crippen molar-refractivity contribution in [3.05, 3.63) is 29.3 Å². The van der Waals surface area contributed by atoms with Gasteiger partial charge in [0.1, 0.15) is 0 Å². The molecule has 0 aliphatic carbocycles. The van der Waals surface area contributed by atoms with Crippen molar-refractivity contribution in [2.24, 2.45) is 0 Å². The molecule has 124 valence electrons. The maximum Gasteiger partial charge on any atom is 0.230 e. The van der Waals surface area contributed by atoms with E-state index in [4.69, 9.17) is 0 Å². The summed E-state index contributed by atoms with van der Waals surface area (Å²) in [4.78, 5) is 11.9. The number of aromatic nitrogens is 4. The lowest BCUT2D eigenvalue weighted by atomic mass is 10.1. The summed E-state index contributed by atoms with van der Waals surface area (Å²) in [6.07, 6.45) is 3.31. The minimum atomic E-state index is 0.0151. The number of carbonyl (C=O) groups excluding carboxylic acids is 1. The van der Waals surface area contributed by atoms with Gasteiger partial charge >= 0.3 is 0 Å². The number of rotatable bonds is 8. The van der Waals surface area contributed by atoms with E-state index in [1.165, 1.54) is 17.3 Å². The van der Waals surface area contributed by atoms with Crippen molar-refractivity contribution in [2.45, 2.75) is 45.2 Å². The Morgan fingerprint density at radius 2 is 2.13 bits per heavy atom. The lowest BCUT2D eigenvalue weighted by Crippen LogP contribution is -2.26. The first-order valence-corrected chi connectivity index (χ1v) is 8.86. The van der Waals surface area contributed by atoms with Gasteiger partial charge in [-0.3, -0.25) is 4.79 Å². The fourth-order valence-electron chi connectivity index (χ4n) is 2.25. The number of tetrazole rings is 1. The Bertz CT molecular complexity index is 656. The molecule has 7 heteroatoms. The molecule has 0 fully saturated rings. The summed E-state index contributed by atoms with van der Waals surface area (Å²) in [6.45, 7) is 6.95. The molecular weight excluding hydrogens is 310 g/mol. The summed E-state index contributed by atoms with van der Waals surface area (Å²) in [5, 5.41) is 15.3. The number of nitrogens with zero attached hydrogens (tertiary/aromatic N) is 4. The molecule has 0 aliphatic rings. The van der Waals surface area contributed by atoms with E-state index in [-0.39, 0.29) is 5.91 Å². The molecule has 0 saturated carbocycles. The second-order valence-electron chi connectivity index (χ2n) is 5.51. The van der Waals surface area contributed by atoms with Crippen molar-refractivity contribution in [1.82, 2.24) is 25.5 Å². The molecule has 1 aromatic carbocycles. The lowest BCUT2D eigenvalue weighted by Gasteiger charge is -2.08. The third-order valence-electron chi connectivity index (χ3n) is 3.46. The topological polar surface area (TPSA) is 72.7 Å². The predicted octanol–water partition coefficient (Wildman–Crippen LogP) is 2.68. The second kappa shape index (κ2) is 8.67. The molecule has 0 atom stereocenters. The number of aryl methyl sites for hydroxylation is 2. The van der Waals surface area contributed by atoms with Crippen LogP contribution in [0.15, 0.2) is 23.4 Å². The summed E-state index contributed by atoms with van der Waals surface area (Å²) in [6, 6.07) is 6.11. The maximum atomic E-state index is 11.9. The highest BCUT2D eigenvalue weighted by atomic mass is 32.2. The lowest BCUT2D eigenvalue weighted by molar-refractivity contribution is -0.118. The number of carbonyl (C=O) groups is 1. The Balaban J connectivity index is 1.95. The molecule has 2 aromatic rings. The van der Waals surface area contributed by atoms with Gasteiger partial charge in [-0.1, -0.05) is 49.2 Å². The van der Waals surface area contributed by atoms with Crippen LogP contribution in [-0.4, -0.2) is 38.4 Å². The van der Waals surface area contributed by atoms with E-state index in [0.29, 0.717) is 10.9 Å². The molecule has 0 aliphatic heterocycles. The molecule has 0 bridgehead atoms. The van der Waals surface area contributed by atoms with Crippen molar-refractivity contribution >= 4 is 17.7 Å². The number of unbranched alkanes of at least 4 members (excludes halogenated alkanes) is 2. The number of hydrogen-bond acceptors (Lipinski definition) is 5. The first kappa shape index (κ1) is 17.5. The van der Waals surface area contributed by atoms with Gasteiger partial charge in [0.05, 0.1) is 11.4 Å². The molecule has 0 spiro atoms. The summed E-state index contributed by atoms with van der Waals surface area (Å²) >= 11 is 1.35. The van der Waals surface area contributed by atoms with Crippen molar-refractivity contribution in [1.29, 1.82) is 0 Å². The van der Waals surface area contributed by atoms with Crippen LogP contribution < -0.4 is 5.32 Å². The zero-order chi connectivity index (χ0) is 16.7. The van der Waals surface area contributed by atoms with Crippen LogP contribution in [0.2, 0.25) is 0 Å². The largest absolute Gasteiger partial charge is 0.355 e. The predicted molar refractivity (Wildman–Crippen MR) is 91.9 cm³/mol. The van der Waals surface area contributed by atoms with Gasteiger partial charge in [0.15, 0.2) is 0 Å². The van der Waals surface area contributed by atoms with Gasteiger partial charge in [-0.05, 0) is 42.3 Å². The second-order valence-corrected chi connectivity index (χ2v) is 6.45. The first-order valence-electron chi connectivity index (χ1n) is 7.87. The van der Waals surface area contributed by atoms with Crippen LogP contribution in [0.25, 0.3) is 5.69 Å². The first-order chi connectivity index (χ1) is 11.1. The average Bonchev–Trinajstić information content (AvgIpc) is 2.98. The molecular formula is C16H23N5OS. The van der Waals surface area contributed by atoms with Crippen molar-refractivity contribution in [2.75, 3.05) is 12.3 Å². The molecule has 1 aromatic heterocycles. The minimum Gasteiger partial charge on any atom is -0.355 e. The molecule has 1 N–H and O–H groups in total. The smallest absolute Gasteiger partial charge is 0.230 e. The molecule has 1 heterocycles. The van der Waals surface area contributed by atoms with Crippen LogP contribution in [0, 0.1) is 13.8 Å². The Labute approximate surface area is 141 Å². The molecule has 6 nitrogen and oxygen atoms in total. The molecule has 23 heavy (non-hydrogen) atoms. The van der Waals surface area contributed by atoms with Crippen molar-refractivity contribution in [3.63, 3.8) is 0 Å². The van der Waals surface area contributed by atoms with E-state index in [0.717, 1.165) is 37.1 Å².